The molecule has 5 heteroatoms. The average Bonchev–Trinajstić information content (AvgIpc) is 3.09. The van der Waals surface area contributed by atoms with E-state index in [9.17, 15) is 0 Å². The first kappa shape index (κ1) is 14.6. The van der Waals surface area contributed by atoms with Crippen molar-refractivity contribution in [1.82, 2.24) is 9.78 Å². The van der Waals surface area contributed by atoms with E-state index in [1.165, 1.54) is 41.0 Å². The highest BCUT2D eigenvalue weighted by Crippen LogP contribution is 2.37. The molecule has 3 rings (SSSR count). The molecule has 0 bridgehead atoms. The molecule has 21 heavy (non-hydrogen) atoms. The summed E-state index contributed by atoms with van der Waals surface area (Å²) >= 11 is 1.86. The predicted molar refractivity (Wildman–Crippen MR) is 86.2 cm³/mol. The maximum Gasteiger partial charge on any atom is 0.161 e. The van der Waals surface area contributed by atoms with Gasteiger partial charge in [-0.1, -0.05) is 0 Å². The SMILES string of the molecule is COc1cnn(C(C)C)c1C(N)c1cc2c(s1)CCCC2. The summed E-state index contributed by atoms with van der Waals surface area (Å²) in [6.07, 6.45) is 6.76. The zero-order valence-corrected chi connectivity index (χ0v) is 13.7. The molecule has 0 saturated heterocycles. The summed E-state index contributed by atoms with van der Waals surface area (Å²) in [6, 6.07) is 2.39. The van der Waals surface area contributed by atoms with E-state index < -0.39 is 0 Å². The second-order valence-electron chi connectivity index (χ2n) is 5.92. The largest absolute Gasteiger partial charge is 0.493 e. The van der Waals surface area contributed by atoms with Crippen LogP contribution in [0.3, 0.4) is 0 Å². The molecule has 0 aromatic carbocycles. The van der Waals surface area contributed by atoms with Crippen LogP contribution in [0.5, 0.6) is 5.75 Å². The Bertz CT molecular complexity index is 606. The van der Waals surface area contributed by atoms with Crippen LogP contribution in [0.4, 0.5) is 0 Å². The van der Waals surface area contributed by atoms with Gasteiger partial charge in [-0.3, -0.25) is 4.68 Å². The highest BCUT2D eigenvalue weighted by molar-refractivity contribution is 7.12. The minimum absolute atomic E-state index is 0.166. The Morgan fingerprint density at radius 2 is 2.10 bits per heavy atom. The maximum atomic E-state index is 6.56. The average molecular weight is 305 g/mol. The van der Waals surface area contributed by atoms with Gasteiger partial charge in [-0.15, -0.1) is 11.3 Å². The molecule has 0 radical (unpaired) electrons. The fourth-order valence-corrected chi connectivity index (χ4v) is 4.28. The number of fused-ring (bicyclic) bond motifs is 1. The minimum Gasteiger partial charge on any atom is -0.493 e. The normalized spacial score (nSPS) is 16.0. The number of aryl methyl sites for hydroxylation is 2. The van der Waals surface area contributed by atoms with Crippen LogP contribution in [0.15, 0.2) is 12.3 Å². The van der Waals surface area contributed by atoms with E-state index in [-0.39, 0.29) is 12.1 Å². The van der Waals surface area contributed by atoms with Crippen molar-refractivity contribution in [2.75, 3.05) is 7.11 Å². The lowest BCUT2D eigenvalue weighted by Crippen LogP contribution is -2.18. The first-order valence-electron chi connectivity index (χ1n) is 7.60. The van der Waals surface area contributed by atoms with Crippen molar-refractivity contribution in [2.24, 2.45) is 5.73 Å². The Balaban J connectivity index is 1.99. The lowest BCUT2D eigenvalue weighted by atomic mass is 9.98. The number of thiophene rings is 1. The Labute approximate surface area is 129 Å². The van der Waals surface area contributed by atoms with E-state index in [4.69, 9.17) is 10.5 Å². The summed E-state index contributed by atoms with van der Waals surface area (Å²) in [5, 5.41) is 4.43. The molecule has 1 unspecified atom stereocenters. The Kier molecular flexibility index (Phi) is 4.04. The van der Waals surface area contributed by atoms with E-state index in [2.05, 4.69) is 25.0 Å². The summed E-state index contributed by atoms with van der Waals surface area (Å²) in [5.41, 5.74) is 9.03. The van der Waals surface area contributed by atoms with Gasteiger partial charge in [-0.25, -0.2) is 0 Å². The molecule has 1 aliphatic carbocycles. The zero-order chi connectivity index (χ0) is 15.0. The highest BCUT2D eigenvalue weighted by atomic mass is 32.1. The number of hydrogen-bond acceptors (Lipinski definition) is 4. The maximum absolute atomic E-state index is 6.56. The highest BCUT2D eigenvalue weighted by Gasteiger charge is 2.25. The molecule has 0 aliphatic heterocycles. The second-order valence-corrected chi connectivity index (χ2v) is 7.09. The Hall–Kier alpha value is -1.33. The van der Waals surface area contributed by atoms with Crippen LogP contribution >= 0.6 is 11.3 Å². The van der Waals surface area contributed by atoms with Gasteiger partial charge in [0, 0.05) is 15.8 Å². The summed E-state index contributed by atoms with van der Waals surface area (Å²) < 4.78 is 7.44. The minimum atomic E-state index is -0.166. The van der Waals surface area contributed by atoms with Gasteiger partial charge in [0.1, 0.15) is 5.69 Å². The fraction of sp³-hybridized carbons (Fsp3) is 0.562. The molecule has 1 aliphatic rings. The third-order valence-electron chi connectivity index (χ3n) is 4.12. The molecule has 0 amide bonds. The number of hydrogen-bond donors (Lipinski definition) is 1. The van der Waals surface area contributed by atoms with Crippen molar-refractivity contribution >= 4 is 11.3 Å². The zero-order valence-electron chi connectivity index (χ0n) is 12.9. The van der Waals surface area contributed by atoms with E-state index >= 15 is 0 Å². The molecular weight excluding hydrogens is 282 g/mol. The number of methoxy groups -OCH3 is 1. The van der Waals surface area contributed by atoms with Crippen molar-refractivity contribution in [2.45, 2.75) is 51.6 Å². The van der Waals surface area contributed by atoms with Crippen molar-refractivity contribution in [3.05, 3.63) is 33.3 Å². The first-order valence-corrected chi connectivity index (χ1v) is 8.42. The lowest BCUT2D eigenvalue weighted by Gasteiger charge is -2.17. The molecular formula is C16H23N3OS. The molecule has 0 fully saturated rings. The summed E-state index contributed by atoms with van der Waals surface area (Å²) in [4.78, 5) is 2.74. The summed E-state index contributed by atoms with van der Waals surface area (Å²) in [7, 11) is 1.68. The number of nitrogens with two attached hydrogens (primary N) is 1. The van der Waals surface area contributed by atoms with Gasteiger partial charge < -0.3 is 10.5 Å². The van der Waals surface area contributed by atoms with Gasteiger partial charge in [-0.2, -0.15) is 5.10 Å². The third kappa shape index (κ3) is 2.60. The predicted octanol–water partition coefficient (Wildman–Crippen LogP) is 3.46. The van der Waals surface area contributed by atoms with Crippen LogP contribution in [0.2, 0.25) is 0 Å². The molecule has 0 saturated carbocycles. The quantitative estimate of drug-likeness (QED) is 0.941. The molecule has 1 atom stereocenters. The van der Waals surface area contributed by atoms with Crippen molar-refractivity contribution in [1.29, 1.82) is 0 Å². The van der Waals surface area contributed by atoms with Gasteiger partial charge in [-0.05, 0) is 51.2 Å². The first-order chi connectivity index (χ1) is 10.1. The van der Waals surface area contributed by atoms with Gasteiger partial charge in [0.15, 0.2) is 5.75 Å². The third-order valence-corrected chi connectivity index (χ3v) is 5.44. The number of aromatic nitrogens is 2. The topological polar surface area (TPSA) is 53.1 Å². The van der Waals surface area contributed by atoms with E-state index in [1.807, 2.05) is 16.0 Å². The number of ether oxygens (including phenoxy) is 1. The summed E-state index contributed by atoms with van der Waals surface area (Å²) in [5.74, 6) is 0.780. The van der Waals surface area contributed by atoms with Crippen molar-refractivity contribution < 1.29 is 4.74 Å². The Morgan fingerprint density at radius 1 is 1.33 bits per heavy atom. The van der Waals surface area contributed by atoms with Crippen LogP contribution < -0.4 is 10.5 Å². The second kappa shape index (κ2) is 5.81. The molecule has 2 aromatic heterocycles. The molecule has 2 heterocycles. The van der Waals surface area contributed by atoms with Crippen LogP contribution in [0.1, 0.15) is 59.8 Å². The van der Waals surface area contributed by atoms with E-state index in [0.29, 0.717) is 0 Å². The van der Waals surface area contributed by atoms with Gasteiger partial charge >= 0.3 is 0 Å². The lowest BCUT2D eigenvalue weighted by molar-refractivity contribution is 0.401. The van der Waals surface area contributed by atoms with E-state index in [1.54, 1.807) is 13.3 Å². The smallest absolute Gasteiger partial charge is 0.161 e. The fourth-order valence-electron chi connectivity index (χ4n) is 3.02. The molecule has 2 aromatic rings. The standard InChI is InChI=1S/C16H23N3OS/c1-10(2)19-16(12(20-3)9-18-19)15(17)14-8-11-6-4-5-7-13(11)21-14/h8-10,15H,4-7,17H2,1-3H3. The molecule has 0 spiro atoms. The van der Waals surface area contributed by atoms with E-state index in [0.717, 1.165) is 11.4 Å². The van der Waals surface area contributed by atoms with Gasteiger partial charge in [0.2, 0.25) is 0 Å². The Morgan fingerprint density at radius 3 is 2.76 bits per heavy atom. The van der Waals surface area contributed by atoms with Crippen LogP contribution in [0, 0.1) is 0 Å². The molecule has 114 valence electrons. The monoisotopic (exact) mass is 305 g/mol. The van der Waals surface area contributed by atoms with Crippen LogP contribution in [-0.4, -0.2) is 16.9 Å². The summed E-state index contributed by atoms with van der Waals surface area (Å²) in [6.45, 7) is 4.23. The van der Waals surface area contributed by atoms with Crippen molar-refractivity contribution in [3.63, 3.8) is 0 Å². The van der Waals surface area contributed by atoms with Crippen LogP contribution in [-0.2, 0) is 12.8 Å². The van der Waals surface area contributed by atoms with Gasteiger partial charge in [0.25, 0.3) is 0 Å². The van der Waals surface area contributed by atoms with Crippen LogP contribution in [0.25, 0.3) is 0 Å². The van der Waals surface area contributed by atoms with Gasteiger partial charge in [0.05, 0.1) is 19.3 Å². The van der Waals surface area contributed by atoms with Crippen molar-refractivity contribution in [3.8, 4) is 5.75 Å². The number of nitrogens with zero attached hydrogens (tertiary/aromatic N) is 2. The number of rotatable bonds is 4. The molecule has 4 nitrogen and oxygen atoms in total. The molecule has 2 N–H and O–H groups in total.